The molecule has 0 amide bonds. The minimum absolute atomic E-state index is 0.285. The summed E-state index contributed by atoms with van der Waals surface area (Å²) >= 11 is 0. The smallest absolute Gasteiger partial charge is 0.0361 e. The van der Waals surface area contributed by atoms with Crippen LogP contribution in [-0.2, 0) is 5.41 Å². The van der Waals surface area contributed by atoms with E-state index in [0.29, 0.717) is 0 Å². The number of nitrogens with zero attached hydrogens (tertiary/aromatic N) is 1. The Kier molecular flexibility index (Phi) is 3.96. The van der Waals surface area contributed by atoms with Crippen LogP contribution in [0.3, 0.4) is 0 Å². The number of hydrogen-bond acceptors (Lipinski definition) is 2. The van der Waals surface area contributed by atoms with Crippen molar-refractivity contribution in [3.63, 3.8) is 0 Å². The van der Waals surface area contributed by atoms with E-state index in [9.17, 15) is 0 Å². The van der Waals surface area contributed by atoms with Gasteiger partial charge in [0.15, 0.2) is 0 Å². The van der Waals surface area contributed by atoms with Gasteiger partial charge in [0.1, 0.15) is 0 Å². The first-order chi connectivity index (χ1) is 8.51. The molecule has 0 bridgehead atoms. The van der Waals surface area contributed by atoms with Gasteiger partial charge < -0.3 is 10.2 Å². The molecular weight excluding hydrogens is 220 g/mol. The van der Waals surface area contributed by atoms with Crippen LogP contribution in [-0.4, -0.2) is 27.2 Å². The van der Waals surface area contributed by atoms with E-state index in [2.05, 4.69) is 62.4 Å². The third kappa shape index (κ3) is 2.69. The largest absolute Gasteiger partial charge is 0.378 e. The Morgan fingerprint density at radius 1 is 1.06 bits per heavy atom. The summed E-state index contributed by atoms with van der Waals surface area (Å²) in [5, 5.41) is 3.46. The second kappa shape index (κ2) is 5.31. The van der Waals surface area contributed by atoms with Crippen LogP contribution >= 0.6 is 0 Å². The van der Waals surface area contributed by atoms with Crippen molar-refractivity contribution in [2.75, 3.05) is 32.1 Å². The maximum absolute atomic E-state index is 3.46. The quantitative estimate of drug-likeness (QED) is 0.882. The molecule has 0 saturated carbocycles. The fraction of sp³-hybridized carbons (Fsp3) is 0.625. The highest BCUT2D eigenvalue weighted by Crippen LogP contribution is 2.37. The molecule has 0 unspecified atom stereocenters. The Bertz CT molecular complexity index is 373. The molecule has 1 aromatic rings. The topological polar surface area (TPSA) is 15.3 Å². The van der Waals surface area contributed by atoms with Crippen molar-refractivity contribution in [1.29, 1.82) is 0 Å². The first-order valence-corrected chi connectivity index (χ1v) is 7.00. The number of piperidine rings is 1. The maximum Gasteiger partial charge on any atom is 0.0361 e. The van der Waals surface area contributed by atoms with Crippen molar-refractivity contribution in [3.8, 4) is 0 Å². The molecule has 0 spiro atoms. The zero-order chi connectivity index (χ0) is 13.2. The molecule has 2 heteroatoms. The summed E-state index contributed by atoms with van der Waals surface area (Å²) in [6, 6.07) is 9.07. The van der Waals surface area contributed by atoms with E-state index in [1.165, 1.54) is 37.2 Å². The molecule has 1 N–H and O–H groups in total. The number of hydrogen-bond donors (Lipinski definition) is 1. The van der Waals surface area contributed by atoms with Gasteiger partial charge in [0.05, 0.1) is 0 Å². The lowest BCUT2D eigenvalue weighted by Gasteiger charge is -2.38. The average molecular weight is 246 g/mol. The van der Waals surface area contributed by atoms with Gasteiger partial charge in [-0.25, -0.2) is 0 Å². The van der Waals surface area contributed by atoms with Gasteiger partial charge >= 0.3 is 0 Å². The fourth-order valence-corrected chi connectivity index (χ4v) is 2.97. The highest BCUT2D eigenvalue weighted by Gasteiger charge is 2.31. The molecule has 0 atom stereocenters. The summed E-state index contributed by atoms with van der Waals surface area (Å²) in [5.41, 5.74) is 3.03. The third-order valence-corrected chi connectivity index (χ3v) is 4.49. The van der Waals surface area contributed by atoms with Crippen molar-refractivity contribution < 1.29 is 0 Å². The lowest BCUT2D eigenvalue weighted by Crippen LogP contribution is -2.38. The first kappa shape index (κ1) is 13.4. The Morgan fingerprint density at radius 2 is 1.61 bits per heavy atom. The standard InChI is InChI=1S/C16H26N2/c1-16(2,14-9-11-17-12-10-14)13-5-7-15(8-6-13)18(3)4/h5-8,14,17H,9-12H2,1-4H3. The monoisotopic (exact) mass is 246 g/mol. The van der Waals surface area contributed by atoms with E-state index in [-0.39, 0.29) is 5.41 Å². The zero-order valence-electron chi connectivity index (χ0n) is 12.2. The van der Waals surface area contributed by atoms with E-state index < -0.39 is 0 Å². The van der Waals surface area contributed by atoms with E-state index in [4.69, 9.17) is 0 Å². The molecule has 1 aliphatic heterocycles. The van der Waals surface area contributed by atoms with E-state index in [1.54, 1.807) is 0 Å². The van der Waals surface area contributed by atoms with Crippen LogP contribution < -0.4 is 10.2 Å². The highest BCUT2D eigenvalue weighted by molar-refractivity contribution is 5.47. The van der Waals surface area contributed by atoms with Crippen LogP contribution in [0, 0.1) is 5.92 Å². The van der Waals surface area contributed by atoms with Crippen LogP contribution in [0.5, 0.6) is 0 Å². The minimum atomic E-state index is 0.285. The Balaban J connectivity index is 2.17. The Labute approximate surface area is 111 Å². The first-order valence-electron chi connectivity index (χ1n) is 7.00. The molecule has 2 rings (SSSR count). The second-order valence-electron chi connectivity index (χ2n) is 6.19. The summed E-state index contributed by atoms with van der Waals surface area (Å²) in [6.07, 6.45) is 2.59. The molecule has 0 radical (unpaired) electrons. The zero-order valence-corrected chi connectivity index (χ0v) is 12.2. The average Bonchev–Trinajstić information content (AvgIpc) is 2.40. The molecule has 1 aliphatic rings. The van der Waals surface area contributed by atoms with E-state index in [1.807, 2.05) is 0 Å². The number of nitrogens with one attached hydrogen (secondary N) is 1. The van der Waals surface area contributed by atoms with Crippen LogP contribution in [0.2, 0.25) is 0 Å². The number of anilines is 1. The minimum Gasteiger partial charge on any atom is -0.378 e. The Hall–Kier alpha value is -1.02. The molecule has 1 heterocycles. The maximum atomic E-state index is 3.46. The lowest BCUT2D eigenvalue weighted by atomic mass is 9.69. The van der Waals surface area contributed by atoms with Crippen molar-refractivity contribution in [3.05, 3.63) is 29.8 Å². The number of benzene rings is 1. The van der Waals surface area contributed by atoms with Gasteiger partial charge in [0.2, 0.25) is 0 Å². The molecular formula is C16H26N2. The van der Waals surface area contributed by atoms with Gasteiger partial charge in [0.25, 0.3) is 0 Å². The van der Waals surface area contributed by atoms with Crippen molar-refractivity contribution in [2.45, 2.75) is 32.1 Å². The van der Waals surface area contributed by atoms with Crippen LogP contribution in [0.4, 0.5) is 5.69 Å². The SMILES string of the molecule is CN(C)c1ccc(C(C)(C)C2CCNCC2)cc1. The van der Waals surface area contributed by atoms with Crippen LogP contribution in [0.1, 0.15) is 32.3 Å². The molecule has 0 aliphatic carbocycles. The van der Waals surface area contributed by atoms with Crippen LogP contribution in [0.25, 0.3) is 0 Å². The van der Waals surface area contributed by atoms with Gasteiger partial charge in [-0.2, -0.15) is 0 Å². The van der Waals surface area contributed by atoms with Gasteiger partial charge in [-0.1, -0.05) is 26.0 Å². The molecule has 1 saturated heterocycles. The fourth-order valence-electron chi connectivity index (χ4n) is 2.97. The van der Waals surface area contributed by atoms with E-state index >= 15 is 0 Å². The third-order valence-electron chi connectivity index (χ3n) is 4.49. The molecule has 1 aromatic carbocycles. The van der Waals surface area contributed by atoms with Crippen molar-refractivity contribution in [2.24, 2.45) is 5.92 Å². The summed E-state index contributed by atoms with van der Waals surface area (Å²) < 4.78 is 0. The van der Waals surface area contributed by atoms with Crippen molar-refractivity contribution >= 4 is 5.69 Å². The lowest BCUT2D eigenvalue weighted by molar-refractivity contribution is 0.247. The van der Waals surface area contributed by atoms with Gasteiger partial charge in [-0.05, 0) is 55.0 Å². The predicted molar refractivity (Wildman–Crippen MR) is 79.4 cm³/mol. The summed E-state index contributed by atoms with van der Waals surface area (Å²) in [5.74, 6) is 0.795. The normalized spacial score (nSPS) is 17.8. The highest BCUT2D eigenvalue weighted by atomic mass is 15.1. The van der Waals surface area contributed by atoms with Crippen LogP contribution in [0.15, 0.2) is 24.3 Å². The summed E-state index contributed by atoms with van der Waals surface area (Å²) in [4.78, 5) is 2.15. The Morgan fingerprint density at radius 3 is 2.11 bits per heavy atom. The van der Waals surface area contributed by atoms with E-state index in [0.717, 1.165) is 5.92 Å². The molecule has 1 fully saturated rings. The van der Waals surface area contributed by atoms with Crippen molar-refractivity contribution in [1.82, 2.24) is 5.32 Å². The van der Waals surface area contributed by atoms with Gasteiger partial charge in [-0.15, -0.1) is 0 Å². The molecule has 2 nitrogen and oxygen atoms in total. The predicted octanol–water partition coefficient (Wildman–Crippen LogP) is 3.03. The second-order valence-corrected chi connectivity index (χ2v) is 6.19. The summed E-state index contributed by atoms with van der Waals surface area (Å²) in [6.45, 7) is 7.13. The van der Waals surface area contributed by atoms with Gasteiger partial charge in [-0.3, -0.25) is 0 Å². The molecule has 0 aromatic heterocycles. The molecule has 18 heavy (non-hydrogen) atoms. The molecule has 100 valence electrons. The summed E-state index contributed by atoms with van der Waals surface area (Å²) in [7, 11) is 4.18. The van der Waals surface area contributed by atoms with Gasteiger partial charge in [0, 0.05) is 19.8 Å². The number of rotatable bonds is 3.